The van der Waals surface area contributed by atoms with Crippen LogP contribution in [0.15, 0.2) is 42.6 Å². The summed E-state index contributed by atoms with van der Waals surface area (Å²) in [6, 6.07) is 11.6. The first-order valence-corrected chi connectivity index (χ1v) is 12.6. The number of hydrogen-bond acceptors (Lipinski definition) is 10. The number of aromatic nitrogens is 4. The third-order valence-corrected chi connectivity index (χ3v) is 7.58. The highest BCUT2D eigenvalue weighted by atomic mass is 32.1. The number of nitrogens with one attached hydrogen (secondary N) is 2. The predicted octanol–water partition coefficient (Wildman–Crippen LogP) is 4.13. The maximum absolute atomic E-state index is 11.8. The molecule has 0 unspecified atom stereocenters. The summed E-state index contributed by atoms with van der Waals surface area (Å²) < 4.78 is 6.76. The molecule has 36 heavy (non-hydrogen) atoms. The number of aliphatic hydroxyl groups is 1. The summed E-state index contributed by atoms with van der Waals surface area (Å²) in [4.78, 5) is 30.4. The van der Waals surface area contributed by atoms with Gasteiger partial charge in [-0.2, -0.15) is 4.98 Å². The second kappa shape index (κ2) is 10.3. The van der Waals surface area contributed by atoms with Crippen LogP contribution >= 0.6 is 11.3 Å². The molecule has 1 aliphatic rings. The third kappa shape index (κ3) is 4.79. The number of aryl methyl sites for hydroxylation is 2. The second-order valence-electron chi connectivity index (χ2n) is 9.05. The molecule has 0 bridgehead atoms. The Balaban J connectivity index is 1.54. The highest BCUT2D eigenvalue weighted by molar-refractivity contribution is 7.21. The summed E-state index contributed by atoms with van der Waals surface area (Å²) in [5, 5.41) is 17.4. The minimum atomic E-state index is -0.398. The molecular formula is C26H28N6O3S. The summed E-state index contributed by atoms with van der Waals surface area (Å²) in [5.74, 6) is 0.429. The van der Waals surface area contributed by atoms with Crippen molar-refractivity contribution < 1.29 is 14.6 Å². The van der Waals surface area contributed by atoms with E-state index in [-0.39, 0.29) is 24.7 Å². The molecule has 3 N–H and O–H groups in total. The van der Waals surface area contributed by atoms with Crippen LogP contribution in [0.3, 0.4) is 0 Å². The average Bonchev–Trinajstić information content (AvgIpc) is 3.44. The zero-order chi connectivity index (χ0) is 25.2. The average molecular weight is 505 g/mol. The van der Waals surface area contributed by atoms with E-state index in [0.29, 0.717) is 18.2 Å². The summed E-state index contributed by atoms with van der Waals surface area (Å²) in [7, 11) is 1.59. The van der Waals surface area contributed by atoms with Gasteiger partial charge < -0.3 is 25.3 Å². The Morgan fingerprint density at radius 3 is 2.64 bits per heavy atom. The van der Waals surface area contributed by atoms with Crippen LogP contribution in [0, 0.1) is 25.7 Å². The highest BCUT2D eigenvalue weighted by Gasteiger charge is 2.43. The van der Waals surface area contributed by atoms with E-state index in [4.69, 9.17) is 14.7 Å². The lowest BCUT2D eigenvalue weighted by Crippen LogP contribution is -2.35. The van der Waals surface area contributed by atoms with Gasteiger partial charge in [-0.25, -0.2) is 9.97 Å². The number of rotatable bonds is 8. The highest BCUT2D eigenvalue weighted by Crippen LogP contribution is 2.38. The summed E-state index contributed by atoms with van der Waals surface area (Å²) >= 11 is 1.57. The van der Waals surface area contributed by atoms with Gasteiger partial charge in [-0.15, -0.1) is 11.3 Å². The number of thiazole rings is 1. The number of hydrogen-bond donors (Lipinski definition) is 3. The van der Waals surface area contributed by atoms with Gasteiger partial charge in [0.2, 0.25) is 5.95 Å². The van der Waals surface area contributed by atoms with E-state index >= 15 is 0 Å². The Labute approximate surface area is 213 Å². The molecule has 186 valence electrons. The molecule has 0 aliphatic heterocycles. The molecule has 1 aliphatic carbocycles. The molecule has 0 saturated heterocycles. The maximum Gasteiger partial charge on any atom is 0.229 e. The summed E-state index contributed by atoms with van der Waals surface area (Å²) in [6.07, 6.45) is 2.83. The lowest BCUT2D eigenvalue weighted by atomic mass is 9.97. The molecule has 1 saturated carbocycles. The van der Waals surface area contributed by atoms with Gasteiger partial charge in [-0.3, -0.25) is 4.98 Å². The van der Waals surface area contributed by atoms with Gasteiger partial charge in [0.15, 0.2) is 0 Å². The lowest BCUT2D eigenvalue weighted by molar-refractivity contribution is -0.116. The fourth-order valence-electron chi connectivity index (χ4n) is 4.91. The third-order valence-electron chi connectivity index (χ3n) is 6.51. The standard InChI is InChI=1S/C26H28N6O3S/c1-14-8-17(9-15(2)28-14)29-26-27-11-18(25-31-20-6-4-5-7-22(20)36-25)24(32-26)30-21-10-16(12-33)19(13-34)23(21)35-3/h4-9,11,13,16,19,21,23,33H,10,12H2,1-3H3,(H2,27,28,29,30,32)/t16-,19+,21+,23-/m0/s1. The maximum atomic E-state index is 11.8. The zero-order valence-corrected chi connectivity index (χ0v) is 21.1. The molecular weight excluding hydrogens is 476 g/mol. The van der Waals surface area contributed by atoms with Crippen LogP contribution in [-0.4, -0.2) is 57.2 Å². The van der Waals surface area contributed by atoms with Gasteiger partial charge in [0.05, 0.1) is 27.9 Å². The smallest absolute Gasteiger partial charge is 0.229 e. The number of pyridine rings is 1. The van der Waals surface area contributed by atoms with Gasteiger partial charge in [-0.1, -0.05) is 12.1 Å². The van der Waals surface area contributed by atoms with E-state index in [2.05, 4.69) is 20.6 Å². The SMILES string of the molecule is CO[C@H]1[C@H](C=O)[C@H](CO)C[C@H]1Nc1nc(Nc2cc(C)nc(C)c2)ncc1-c1nc2ccccc2s1. The molecule has 1 fully saturated rings. The van der Waals surface area contributed by atoms with Gasteiger partial charge >= 0.3 is 0 Å². The molecule has 0 amide bonds. The molecule has 3 aromatic heterocycles. The molecule has 1 aromatic carbocycles. The van der Waals surface area contributed by atoms with Crippen molar-refractivity contribution in [1.82, 2.24) is 19.9 Å². The van der Waals surface area contributed by atoms with Gasteiger partial charge in [-0.05, 0) is 50.5 Å². The molecule has 4 atom stereocenters. The van der Waals surface area contributed by atoms with Crippen molar-refractivity contribution in [2.45, 2.75) is 32.4 Å². The van der Waals surface area contributed by atoms with Crippen molar-refractivity contribution in [1.29, 1.82) is 0 Å². The van der Waals surface area contributed by atoms with Crippen molar-refractivity contribution in [2.24, 2.45) is 11.8 Å². The van der Waals surface area contributed by atoms with Crippen LogP contribution in [0.25, 0.3) is 20.8 Å². The van der Waals surface area contributed by atoms with Crippen molar-refractivity contribution in [3.05, 3.63) is 54.0 Å². The van der Waals surface area contributed by atoms with Crippen molar-refractivity contribution in [3.63, 3.8) is 0 Å². The Morgan fingerprint density at radius 1 is 1.17 bits per heavy atom. The topological polar surface area (TPSA) is 122 Å². The number of aliphatic hydroxyl groups excluding tert-OH is 1. The first-order chi connectivity index (χ1) is 17.5. The summed E-state index contributed by atoms with van der Waals surface area (Å²) in [5.41, 5.74) is 4.30. The number of anilines is 3. The van der Waals surface area contributed by atoms with E-state index in [1.54, 1.807) is 24.6 Å². The zero-order valence-electron chi connectivity index (χ0n) is 20.3. The Hall–Kier alpha value is -3.47. The van der Waals surface area contributed by atoms with Crippen molar-refractivity contribution in [2.75, 3.05) is 24.4 Å². The molecule has 5 rings (SSSR count). The Kier molecular flexibility index (Phi) is 6.90. The van der Waals surface area contributed by atoms with E-state index in [1.165, 1.54) is 0 Å². The first-order valence-electron chi connectivity index (χ1n) is 11.8. The molecule has 3 heterocycles. The van der Waals surface area contributed by atoms with Crippen LogP contribution in [0.2, 0.25) is 0 Å². The van der Waals surface area contributed by atoms with Crippen LogP contribution < -0.4 is 10.6 Å². The van der Waals surface area contributed by atoms with E-state index in [1.807, 2.05) is 50.2 Å². The number of carbonyl (C=O) groups is 1. The fraction of sp³-hybridized carbons (Fsp3) is 0.346. The van der Waals surface area contributed by atoms with Gasteiger partial charge in [0.25, 0.3) is 0 Å². The Bertz CT molecular complexity index is 1340. The van der Waals surface area contributed by atoms with Gasteiger partial charge in [0.1, 0.15) is 17.1 Å². The lowest BCUT2D eigenvalue weighted by Gasteiger charge is -2.23. The number of nitrogens with zero attached hydrogens (tertiary/aromatic N) is 4. The van der Waals surface area contributed by atoms with Crippen molar-refractivity contribution >= 4 is 45.3 Å². The van der Waals surface area contributed by atoms with Crippen LogP contribution in [0.1, 0.15) is 17.8 Å². The van der Waals surface area contributed by atoms with E-state index < -0.39 is 5.92 Å². The van der Waals surface area contributed by atoms with E-state index in [0.717, 1.165) is 44.1 Å². The largest absolute Gasteiger partial charge is 0.396 e. The monoisotopic (exact) mass is 504 g/mol. The Morgan fingerprint density at radius 2 is 1.94 bits per heavy atom. The fourth-order valence-corrected chi connectivity index (χ4v) is 5.89. The number of para-hydroxylation sites is 1. The minimum absolute atomic E-state index is 0.0799. The van der Waals surface area contributed by atoms with Crippen molar-refractivity contribution in [3.8, 4) is 10.6 Å². The second-order valence-corrected chi connectivity index (χ2v) is 10.1. The number of fused-ring (bicyclic) bond motifs is 1. The number of benzene rings is 1. The van der Waals surface area contributed by atoms with E-state index in [9.17, 15) is 9.90 Å². The predicted molar refractivity (Wildman–Crippen MR) is 141 cm³/mol. The normalized spacial score (nSPS) is 21.6. The first kappa shape index (κ1) is 24.2. The molecule has 0 spiro atoms. The summed E-state index contributed by atoms with van der Waals surface area (Å²) in [6.45, 7) is 3.80. The number of methoxy groups -OCH3 is 1. The van der Waals surface area contributed by atoms with Crippen LogP contribution in [-0.2, 0) is 9.53 Å². The van der Waals surface area contributed by atoms with Crippen LogP contribution in [0.4, 0.5) is 17.5 Å². The molecule has 4 aromatic rings. The quantitative estimate of drug-likeness (QED) is 0.304. The van der Waals surface area contributed by atoms with Gasteiger partial charge in [0, 0.05) is 42.9 Å². The molecule has 10 heteroatoms. The van der Waals surface area contributed by atoms with Crippen LogP contribution in [0.5, 0.6) is 0 Å². The molecule has 9 nitrogen and oxygen atoms in total. The number of carbonyl (C=O) groups excluding carboxylic acids is 1. The molecule has 0 radical (unpaired) electrons. The minimum Gasteiger partial charge on any atom is -0.396 e. The number of ether oxygens (including phenoxy) is 1. The number of aldehydes is 1.